The molecule has 0 spiro atoms. The third-order valence-electron chi connectivity index (χ3n) is 2.42. The van der Waals surface area contributed by atoms with Crippen molar-refractivity contribution >= 4 is 23.4 Å². The fraction of sp³-hybridized carbons (Fsp3) is 0.385. The van der Waals surface area contributed by atoms with E-state index >= 15 is 0 Å². The van der Waals surface area contributed by atoms with Crippen LogP contribution in [0.4, 0.5) is 5.69 Å². The topological polar surface area (TPSA) is 3.24 Å². The zero-order chi connectivity index (χ0) is 11.1. The van der Waals surface area contributed by atoms with E-state index in [1.165, 1.54) is 11.3 Å². The Bertz CT molecular complexity index is 299. The van der Waals surface area contributed by atoms with Gasteiger partial charge >= 0.3 is 0 Å². The third-order valence-corrected chi connectivity index (χ3v) is 2.60. The van der Waals surface area contributed by atoms with Gasteiger partial charge in [0.1, 0.15) is 0 Å². The van der Waals surface area contributed by atoms with Crippen molar-refractivity contribution in [3.05, 3.63) is 35.9 Å². The Morgan fingerprint density at radius 1 is 1.13 bits per heavy atom. The normalized spacial score (nSPS) is 10.9. The monoisotopic (exact) mass is 223 g/mol. The zero-order valence-corrected chi connectivity index (χ0v) is 10.2. The summed E-state index contributed by atoms with van der Waals surface area (Å²) in [5, 5.41) is 0. The van der Waals surface area contributed by atoms with Crippen LogP contribution < -0.4 is 4.90 Å². The quantitative estimate of drug-likeness (QED) is 0.687. The summed E-state index contributed by atoms with van der Waals surface area (Å²) in [5.41, 5.74) is 2.48. The van der Waals surface area contributed by atoms with Gasteiger partial charge in [0, 0.05) is 24.7 Å². The maximum absolute atomic E-state index is 5.58. The summed E-state index contributed by atoms with van der Waals surface area (Å²) < 4.78 is 0. The highest BCUT2D eigenvalue weighted by molar-refractivity contribution is 6.19. The molecule has 0 unspecified atom stereocenters. The second kappa shape index (κ2) is 6.52. The first-order valence-corrected chi connectivity index (χ1v) is 5.92. The summed E-state index contributed by atoms with van der Waals surface area (Å²) in [7, 11) is 0. The molecule has 15 heavy (non-hydrogen) atoms. The van der Waals surface area contributed by atoms with E-state index in [0.717, 1.165) is 13.1 Å². The molecule has 82 valence electrons. The molecule has 1 rings (SSSR count). The highest BCUT2D eigenvalue weighted by Gasteiger charge is 1.99. The van der Waals surface area contributed by atoms with E-state index in [-0.39, 0.29) is 0 Å². The minimum atomic E-state index is 0.567. The van der Waals surface area contributed by atoms with Crippen molar-refractivity contribution in [2.24, 2.45) is 0 Å². The van der Waals surface area contributed by atoms with E-state index in [9.17, 15) is 0 Å². The van der Waals surface area contributed by atoms with Crippen molar-refractivity contribution in [2.45, 2.75) is 13.8 Å². The van der Waals surface area contributed by atoms with Gasteiger partial charge in [0.25, 0.3) is 0 Å². The van der Waals surface area contributed by atoms with Crippen LogP contribution in [0.2, 0.25) is 0 Å². The second-order valence-electron chi connectivity index (χ2n) is 3.32. The number of halogens is 1. The number of rotatable bonds is 5. The lowest BCUT2D eigenvalue weighted by Crippen LogP contribution is -2.21. The first-order chi connectivity index (χ1) is 7.31. The van der Waals surface area contributed by atoms with Gasteiger partial charge < -0.3 is 4.90 Å². The number of hydrogen-bond acceptors (Lipinski definition) is 1. The average Bonchev–Trinajstić information content (AvgIpc) is 2.29. The Kier molecular flexibility index (Phi) is 5.27. The minimum absolute atomic E-state index is 0.567. The molecule has 2 heteroatoms. The molecule has 0 N–H and O–H groups in total. The van der Waals surface area contributed by atoms with Crippen LogP contribution in [-0.4, -0.2) is 19.0 Å². The SMILES string of the molecule is CCN(CC)c1ccc(C=CCCl)cc1. The third kappa shape index (κ3) is 3.60. The van der Waals surface area contributed by atoms with Crippen LogP contribution in [0, 0.1) is 0 Å². The number of benzene rings is 1. The van der Waals surface area contributed by atoms with Crippen molar-refractivity contribution in [3.63, 3.8) is 0 Å². The first-order valence-electron chi connectivity index (χ1n) is 5.39. The van der Waals surface area contributed by atoms with Gasteiger partial charge in [-0.3, -0.25) is 0 Å². The second-order valence-corrected chi connectivity index (χ2v) is 3.63. The van der Waals surface area contributed by atoms with E-state index in [1.54, 1.807) is 0 Å². The summed E-state index contributed by atoms with van der Waals surface area (Å²) in [4.78, 5) is 2.33. The van der Waals surface area contributed by atoms with E-state index in [1.807, 2.05) is 12.2 Å². The largest absolute Gasteiger partial charge is 0.372 e. The van der Waals surface area contributed by atoms with E-state index in [2.05, 4.69) is 43.0 Å². The maximum atomic E-state index is 5.58. The predicted octanol–water partition coefficient (Wildman–Crippen LogP) is 3.78. The smallest absolute Gasteiger partial charge is 0.0407 e. The van der Waals surface area contributed by atoms with Crippen LogP contribution in [0.1, 0.15) is 19.4 Å². The van der Waals surface area contributed by atoms with Crippen LogP contribution in [0.3, 0.4) is 0 Å². The predicted molar refractivity (Wildman–Crippen MR) is 69.8 cm³/mol. The van der Waals surface area contributed by atoms with Gasteiger partial charge in [-0.1, -0.05) is 24.3 Å². The van der Waals surface area contributed by atoms with Crippen LogP contribution in [0.15, 0.2) is 30.3 Å². The highest BCUT2D eigenvalue weighted by Crippen LogP contribution is 2.15. The molecule has 0 bridgehead atoms. The molecule has 0 fully saturated rings. The van der Waals surface area contributed by atoms with Crippen LogP contribution in [0.25, 0.3) is 6.08 Å². The fourth-order valence-corrected chi connectivity index (χ4v) is 1.65. The number of anilines is 1. The van der Waals surface area contributed by atoms with Crippen molar-refractivity contribution in [3.8, 4) is 0 Å². The van der Waals surface area contributed by atoms with E-state index in [0.29, 0.717) is 5.88 Å². The molecule has 1 aromatic carbocycles. The number of alkyl halides is 1. The zero-order valence-electron chi connectivity index (χ0n) is 9.41. The lowest BCUT2D eigenvalue weighted by molar-refractivity contribution is 0.866. The van der Waals surface area contributed by atoms with Crippen molar-refractivity contribution in [2.75, 3.05) is 23.9 Å². The lowest BCUT2D eigenvalue weighted by Gasteiger charge is -2.20. The first kappa shape index (κ1) is 12.1. The molecule has 0 heterocycles. The maximum Gasteiger partial charge on any atom is 0.0407 e. The average molecular weight is 224 g/mol. The van der Waals surface area contributed by atoms with Gasteiger partial charge in [0.05, 0.1) is 0 Å². The summed E-state index contributed by atoms with van der Waals surface area (Å²) in [6.45, 7) is 6.44. The molecule has 0 aliphatic heterocycles. The van der Waals surface area contributed by atoms with Gasteiger partial charge in [-0.25, -0.2) is 0 Å². The molecule has 0 aliphatic carbocycles. The Hall–Kier alpha value is -0.950. The summed E-state index contributed by atoms with van der Waals surface area (Å²) in [6, 6.07) is 8.55. The Balaban J connectivity index is 2.75. The summed E-state index contributed by atoms with van der Waals surface area (Å²) >= 11 is 5.58. The molecule has 0 radical (unpaired) electrons. The number of hydrogen-bond donors (Lipinski definition) is 0. The number of nitrogens with zero attached hydrogens (tertiary/aromatic N) is 1. The summed E-state index contributed by atoms with van der Waals surface area (Å²) in [6.07, 6.45) is 3.99. The van der Waals surface area contributed by atoms with Crippen LogP contribution in [-0.2, 0) is 0 Å². The Morgan fingerprint density at radius 2 is 1.73 bits per heavy atom. The van der Waals surface area contributed by atoms with Crippen molar-refractivity contribution in [1.29, 1.82) is 0 Å². The minimum Gasteiger partial charge on any atom is -0.372 e. The van der Waals surface area contributed by atoms with Gasteiger partial charge in [-0.05, 0) is 31.5 Å². The molecule has 0 atom stereocenters. The molecule has 0 aromatic heterocycles. The van der Waals surface area contributed by atoms with E-state index in [4.69, 9.17) is 11.6 Å². The van der Waals surface area contributed by atoms with Crippen LogP contribution in [0.5, 0.6) is 0 Å². The van der Waals surface area contributed by atoms with Crippen molar-refractivity contribution in [1.82, 2.24) is 0 Å². The number of allylic oxidation sites excluding steroid dienone is 1. The molecule has 0 amide bonds. The fourth-order valence-electron chi connectivity index (χ4n) is 1.57. The van der Waals surface area contributed by atoms with Crippen LogP contribution >= 0.6 is 11.6 Å². The lowest BCUT2D eigenvalue weighted by atomic mass is 10.2. The summed E-state index contributed by atoms with van der Waals surface area (Å²) in [5.74, 6) is 0.567. The molecule has 0 saturated heterocycles. The molecule has 1 aromatic rings. The standard InChI is InChI=1S/C13H18ClN/c1-3-15(4-2)13-9-7-12(8-10-13)6-5-11-14/h5-10H,3-4,11H2,1-2H3. The Morgan fingerprint density at radius 3 is 2.20 bits per heavy atom. The molecular weight excluding hydrogens is 206 g/mol. The van der Waals surface area contributed by atoms with Gasteiger partial charge in [-0.15, -0.1) is 11.6 Å². The molecule has 1 nitrogen and oxygen atoms in total. The van der Waals surface area contributed by atoms with Gasteiger partial charge in [-0.2, -0.15) is 0 Å². The van der Waals surface area contributed by atoms with Crippen molar-refractivity contribution < 1.29 is 0 Å². The van der Waals surface area contributed by atoms with E-state index < -0.39 is 0 Å². The van der Waals surface area contributed by atoms with Gasteiger partial charge in [0.15, 0.2) is 0 Å². The van der Waals surface area contributed by atoms with Gasteiger partial charge in [0.2, 0.25) is 0 Å². The molecular formula is C13H18ClN. The molecule has 0 aliphatic rings. The highest BCUT2D eigenvalue weighted by atomic mass is 35.5. The molecule has 0 saturated carbocycles. The Labute approximate surface area is 97.4 Å².